The number of thiophene rings is 1. The molecule has 1 aliphatic carbocycles. The Balaban J connectivity index is 1.63. The highest BCUT2D eigenvalue weighted by Crippen LogP contribution is 2.43. The SMILES string of the molecule is CCCCc1nc2sc3c(N4CCN(CCO)CC4)nc(SC)nc3c2c2c1CCC2. The number of pyridine rings is 1. The summed E-state index contributed by atoms with van der Waals surface area (Å²) in [7, 11) is 0. The summed E-state index contributed by atoms with van der Waals surface area (Å²) in [5, 5.41) is 11.4. The van der Waals surface area contributed by atoms with Crippen LogP contribution in [0.3, 0.4) is 0 Å². The van der Waals surface area contributed by atoms with Gasteiger partial charge in [0.25, 0.3) is 0 Å². The quantitative estimate of drug-likeness (QED) is 0.426. The van der Waals surface area contributed by atoms with Crippen LogP contribution in [0.1, 0.15) is 43.0 Å². The lowest BCUT2D eigenvalue weighted by atomic mass is 10.0. The summed E-state index contributed by atoms with van der Waals surface area (Å²) in [6.07, 6.45) is 9.09. The largest absolute Gasteiger partial charge is 0.395 e. The molecule has 5 rings (SSSR count). The highest BCUT2D eigenvalue weighted by atomic mass is 32.2. The van der Waals surface area contributed by atoms with E-state index in [1.807, 2.05) is 0 Å². The number of thioether (sulfide) groups is 1. The Kier molecular flexibility index (Phi) is 6.32. The summed E-state index contributed by atoms with van der Waals surface area (Å²) in [5.41, 5.74) is 5.45. The van der Waals surface area contributed by atoms with Crippen molar-refractivity contribution in [1.29, 1.82) is 0 Å². The zero-order valence-corrected chi connectivity index (χ0v) is 20.1. The third-order valence-electron chi connectivity index (χ3n) is 6.62. The number of aliphatic hydroxyl groups is 1. The van der Waals surface area contributed by atoms with Gasteiger partial charge in [-0.15, -0.1) is 11.3 Å². The van der Waals surface area contributed by atoms with E-state index < -0.39 is 0 Å². The molecule has 1 N–H and O–H groups in total. The van der Waals surface area contributed by atoms with Crippen LogP contribution in [0.15, 0.2) is 5.16 Å². The summed E-state index contributed by atoms with van der Waals surface area (Å²) >= 11 is 3.41. The molecule has 2 aliphatic rings. The molecule has 1 aliphatic heterocycles. The minimum absolute atomic E-state index is 0.224. The fourth-order valence-corrected chi connectivity index (χ4v) is 6.53. The van der Waals surface area contributed by atoms with Crippen molar-refractivity contribution in [2.24, 2.45) is 0 Å². The maximum atomic E-state index is 9.26. The first kappa shape index (κ1) is 21.4. The van der Waals surface area contributed by atoms with E-state index >= 15 is 0 Å². The number of aliphatic hydroxyl groups excluding tert-OH is 1. The fraction of sp³-hybridized carbons (Fsp3) is 0.609. The van der Waals surface area contributed by atoms with Crippen molar-refractivity contribution in [3.8, 4) is 0 Å². The summed E-state index contributed by atoms with van der Waals surface area (Å²) in [6.45, 7) is 7.01. The number of hydrogen-bond donors (Lipinski definition) is 1. The van der Waals surface area contributed by atoms with Crippen molar-refractivity contribution in [1.82, 2.24) is 19.9 Å². The van der Waals surface area contributed by atoms with Gasteiger partial charge in [0, 0.05) is 43.8 Å². The first-order valence-corrected chi connectivity index (χ1v) is 13.5. The summed E-state index contributed by atoms with van der Waals surface area (Å²) < 4.78 is 1.19. The van der Waals surface area contributed by atoms with Crippen LogP contribution in [-0.2, 0) is 19.3 Å². The molecule has 1 saturated heterocycles. The number of aromatic nitrogens is 3. The van der Waals surface area contributed by atoms with Gasteiger partial charge in [-0.1, -0.05) is 25.1 Å². The molecule has 8 heteroatoms. The molecular formula is C23H31N5OS2. The van der Waals surface area contributed by atoms with Gasteiger partial charge in [0.05, 0.1) is 16.8 Å². The molecular weight excluding hydrogens is 426 g/mol. The van der Waals surface area contributed by atoms with Crippen molar-refractivity contribution >= 4 is 49.3 Å². The molecule has 3 aromatic rings. The van der Waals surface area contributed by atoms with Crippen molar-refractivity contribution in [2.75, 3.05) is 50.5 Å². The Morgan fingerprint density at radius 2 is 1.87 bits per heavy atom. The molecule has 0 bridgehead atoms. The van der Waals surface area contributed by atoms with E-state index in [0.717, 1.165) is 73.3 Å². The zero-order valence-electron chi connectivity index (χ0n) is 18.5. The number of β-amino-alcohol motifs (C(OH)–C–C–N with tert-alkyl or cyclic N) is 1. The van der Waals surface area contributed by atoms with Gasteiger partial charge in [-0.25, -0.2) is 15.0 Å². The van der Waals surface area contributed by atoms with Gasteiger partial charge in [0.2, 0.25) is 0 Å². The smallest absolute Gasteiger partial charge is 0.189 e. The molecule has 31 heavy (non-hydrogen) atoms. The van der Waals surface area contributed by atoms with Crippen molar-refractivity contribution in [2.45, 2.75) is 50.6 Å². The number of rotatable bonds is 7. The van der Waals surface area contributed by atoms with E-state index in [-0.39, 0.29) is 6.61 Å². The van der Waals surface area contributed by atoms with Gasteiger partial charge in [-0.3, -0.25) is 4.90 Å². The molecule has 1 fully saturated rings. The van der Waals surface area contributed by atoms with E-state index in [1.165, 1.54) is 46.2 Å². The average Bonchev–Trinajstić information content (AvgIpc) is 3.42. The van der Waals surface area contributed by atoms with Gasteiger partial charge >= 0.3 is 0 Å². The molecule has 0 unspecified atom stereocenters. The van der Waals surface area contributed by atoms with Crippen LogP contribution in [-0.4, -0.2) is 70.5 Å². The van der Waals surface area contributed by atoms with Gasteiger partial charge < -0.3 is 10.0 Å². The summed E-state index contributed by atoms with van der Waals surface area (Å²) in [5.74, 6) is 1.07. The molecule has 3 aromatic heterocycles. The lowest BCUT2D eigenvalue weighted by Gasteiger charge is -2.35. The first-order chi connectivity index (χ1) is 15.2. The fourth-order valence-electron chi connectivity index (χ4n) is 4.99. The van der Waals surface area contributed by atoms with E-state index in [9.17, 15) is 5.11 Å². The molecule has 4 heterocycles. The van der Waals surface area contributed by atoms with Crippen LogP contribution in [0.2, 0.25) is 0 Å². The maximum absolute atomic E-state index is 9.26. The molecule has 0 spiro atoms. The Morgan fingerprint density at radius 1 is 1.06 bits per heavy atom. The summed E-state index contributed by atoms with van der Waals surface area (Å²) in [4.78, 5) is 21.0. The molecule has 6 nitrogen and oxygen atoms in total. The van der Waals surface area contributed by atoms with E-state index in [4.69, 9.17) is 15.0 Å². The van der Waals surface area contributed by atoms with E-state index in [1.54, 1.807) is 23.1 Å². The second-order valence-electron chi connectivity index (χ2n) is 8.52. The Bertz CT molecular complexity index is 1090. The topological polar surface area (TPSA) is 65.4 Å². The number of unbranched alkanes of at least 4 members (excludes halogenated alkanes) is 1. The zero-order chi connectivity index (χ0) is 21.4. The third-order valence-corrected chi connectivity index (χ3v) is 8.24. The highest BCUT2D eigenvalue weighted by molar-refractivity contribution is 7.98. The van der Waals surface area contributed by atoms with Crippen molar-refractivity contribution in [3.05, 3.63) is 16.8 Å². The molecule has 0 radical (unpaired) electrons. The maximum Gasteiger partial charge on any atom is 0.189 e. The van der Waals surface area contributed by atoms with Crippen LogP contribution in [0, 0.1) is 0 Å². The van der Waals surface area contributed by atoms with E-state index in [0.29, 0.717) is 0 Å². The lowest BCUT2D eigenvalue weighted by molar-refractivity contribution is 0.188. The molecule has 0 aromatic carbocycles. The number of nitrogens with zero attached hydrogens (tertiary/aromatic N) is 5. The minimum Gasteiger partial charge on any atom is -0.395 e. The number of aryl methyl sites for hydroxylation is 2. The standard InChI is InChI=1S/C23H31N5OS2/c1-3-4-8-17-15-6-5-7-16(15)18-19-20(31-22(18)24-17)21(26-23(25-19)30-2)28-11-9-27(10-12-28)13-14-29/h29H,3-14H2,1-2H3. The predicted octanol–water partition coefficient (Wildman–Crippen LogP) is 3.91. The van der Waals surface area contributed by atoms with Crippen LogP contribution in [0.4, 0.5) is 5.82 Å². The summed E-state index contributed by atoms with van der Waals surface area (Å²) in [6, 6.07) is 0. The minimum atomic E-state index is 0.224. The highest BCUT2D eigenvalue weighted by Gasteiger charge is 2.27. The number of anilines is 1. The van der Waals surface area contributed by atoms with Crippen LogP contribution < -0.4 is 4.90 Å². The second kappa shape index (κ2) is 9.17. The van der Waals surface area contributed by atoms with Gasteiger partial charge in [0.15, 0.2) is 11.0 Å². The third kappa shape index (κ3) is 3.92. The molecule has 0 amide bonds. The Labute approximate surface area is 192 Å². The number of hydrogen-bond acceptors (Lipinski definition) is 8. The van der Waals surface area contributed by atoms with Crippen LogP contribution >= 0.6 is 23.1 Å². The monoisotopic (exact) mass is 457 g/mol. The average molecular weight is 458 g/mol. The molecule has 0 saturated carbocycles. The Hall–Kier alpha value is -1.48. The lowest BCUT2D eigenvalue weighted by Crippen LogP contribution is -2.47. The number of piperazine rings is 1. The first-order valence-electron chi connectivity index (χ1n) is 11.5. The van der Waals surface area contributed by atoms with Crippen molar-refractivity contribution in [3.63, 3.8) is 0 Å². The van der Waals surface area contributed by atoms with Gasteiger partial charge in [0.1, 0.15) is 4.83 Å². The molecule has 166 valence electrons. The number of fused-ring (bicyclic) bond motifs is 5. The normalized spacial score (nSPS) is 17.2. The van der Waals surface area contributed by atoms with Crippen molar-refractivity contribution < 1.29 is 5.11 Å². The van der Waals surface area contributed by atoms with Gasteiger partial charge in [-0.2, -0.15) is 0 Å². The second-order valence-corrected chi connectivity index (χ2v) is 10.3. The van der Waals surface area contributed by atoms with Crippen LogP contribution in [0.25, 0.3) is 20.4 Å². The predicted molar refractivity (Wildman–Crippen MR) is 131 cm³/mol. The van der Waals surface area contributed by atoms with Gasteiger partial charge in [-0.05, 0) is 49.5 Å². The molecule has 0 atom stereocenters. The van der Waals surface area contributed by atoms with E-state index in [2.05, 4.69) is 23.0 Å². The van der Waals surface area contributed by atoms with Crippen LogP contribution in [0.5, 0.6) is 0 Å². The Morgan fingerprint density at radius 3 is 2.61 bits per heavy atom.